The van der Waals surface area contributed by atoms with Crippen molar-refractivity contribution in [2.45, 2.75) is 18.2 Å². The highest BCUT2D eigenvalue weighted by atomic mass is 32.2. The van der Waals surface area contributed by atoms with Gasteiger partial charge in [-0.1, -0.05) is 30.3 Å². The fourth-order valence-corrected chi connectivity index (χ4v) is 3.59. The fourth-order valence-electron chi connectivity index (χ4n) is 2.49. The van der Waals surface area contributed by atoms with Gasteiger partial charge in [-0.25, -0.2) is 0 Å². The van der Waals surface area contributed by atoms with Crippen molar-refractivity contribution in [2.75, 3.05) is 16.4 Å². The SMILES string of the molecule is Cc1ccccc1NC(=O)C[C@@H]1CSc2ccccc2NC1=O. The maximum absolute atomic E-state index is 12.3. The number of hydrogen-bond acceptors (Lipinski definition) is 3. The summed E-state index contributed by atoms with van der Waals surface area (Å²) in [6, 6.07) is 15.3. The van der Waals surface area contributed by atoms with Gasteiger partial charge in [0.25, 0.3) is 0 Å². The lowest BCUT2D eigenvalue weighted by Crippen LogP contribution is -2.28. The van der Waals surface area contributed by atoms with E-state index in [0.29, 0.717) is 5.75 Å². The molecule has 1 atom stereocenters. The molecule has 0 spiro atoms. The number of anilines is 2. The summed E-state index contributed by atoms with van der Waals surface area (Å²) in [6.07, 6.45) is 0.182. The molecule has 2 amide bonds. The largest absolute Gasteiger partial charge is 0.326 e. The maximum Gasteiger partial charge on any atom is 0.228 e. The van der Waals surface area contributed by atoms with Crippen molar-refractivity contribution in [3.63, 3.8) is 0 Å². The van der Waals surface area contributed by atoms with E-state index in [1.54, 1.807) is 11.8 Å². The summed E-state index contributed by atoms with van der Waals surface area (Å²) in [5.74, 6) is 0.0362. The van der Waals surface area contributed by atoms with Crippen LogP contribution in [0.25, 0.3) is 0 Å². The minimum atomic E-state index is -0.337. The zero-order valence-corrected chi connectivity index (χ0v) is 13.7. The molecule has 4 nitrogen and oxygen atoms in total. The first-order valence-corrected chi connectivity index (χ1v) is 8.50. The molecular formula is C18H18N2O2S. The second kappa shape index (κ2) is 6.87. The van der Waals surface area contributed by atoms with Gasteiger partial charge in [-0.05, 0) is 30.7 Å². The van der Waals surface area contributed by atoms with Crippen LogP contribution >= 0.6 is 11.8 Å². The molecule has 118 valence electrons. The average molecular weight is 326 g/mol. The third-order valence-electron chi connectivity index (χ3n) is 3.81. The molecule has 0 aliphatic carbocycles. The van der Waals surface area contributed by atoms with E-state index in [2.05, 4.69) is 10.6 Å². The molecule has 0 fully saturated rings. The fraction of sp³-hybridized carbons (Fsp3) is 0.222. The first-order valence-electron chi connectivity index (χ1n) is 7.51. The molecule has 0 saturated carbocycles. The summed E-state index contributed by atoms with van der Waals surface area (Å²) in [4.78, 5) is 25.6. The molecule has 0 radical (unpaired) electrons. The highest BCUT2D eigenvalue weighted by Crippen LogP contribution is 2.33. The molecule has 2 aromatic rings. The maximum atomic E-state index is 12.3. The molecule has 0 aromatic heterocycles. The quantitative estimate of drug-likeness (QED) is 0.904. The normalized spacial score (nSPS) is 16.9. The van der Waals surface area contributed by atoms with Crippen LogP contribution in [0.3, 0.4) is 0 Å². The number of aryl methyl sites for hydroxylation is 1. The van der Waals surface area contributed by atoms with E-state index in [4.69, 9.17) is 0 Å². The van der Waals surface area contributed by atoms with E-state index in [1.165, 1.54) is 0 Å². The minimum absolute atomic E-state index is 0.0950. The van der Waals surface area contributed by atoms with E-state index in [9.17, 15) is 9.59 Å². The van der Waals surface area contributed by atoms with Gasteiger partial charge in [0.1, 0.15) is 0 Å². The van der Waals surface area contributed by atoms with Gasteiger partial charge in [0.15, 0.2) is 0 Å². The number of rotatable bonds is 3. The van der Waals surface area contributed by atoms with Crippen LogP contribution in [0.1, 0.15) is 12.0 Å². The molecule has 0 saturated heterocycles. The van der Waals surface area contributed by atoms with Gasteiger partial charge < -0.3 is 10.6 Å². The molecule has 23 heavy (non-hydrogen) atoms. The van der Waals surface area contributed by atoms with E-state index in [1.807, 2.05) is 55.5 Å². The van der Waals surface area contributed by atoms with Crippen molar-refractivity contribution in [1.82, 2.24) is 0 Å². The Hall–Kier alpha value is -2.27. The second-order valence-electron chi connectivity index (χ2n) is 5.56. The Labute approximate surface area is 139 Å². The number of para-hydroxylation sites is 2. The summed E-state index contributed by atoms with van der Waals surface area (Å²) < 4.78 is 0. The number of nitrogens with one attached hydrogen (secondary N) is 2. The van der Waals surface area contributed by atoms with Crippen molar-refractivity contribution in [2.24, 2.45) is 5.92 Å². The Kier molecular flexibility index (Phi) is 4.67. The number of amides is 2. The number of carbonyl (C=O) groups excluding carboxylic acids is 2. The molecule has 0 unspecified atom stereocenters. The van der Waals surface area contributed by atoms with Gasteiger partial charge in [0.05, 0.1) is 11.6 Å². The lowest BCUT2D eigenvalue weighted by Gasteiger charge is -2.13. The molecule has 3 rings (SSSR count). The average Bonchev–Trinajstić information content (AvgIpc) is 2.69. The predicted molar refractivity (Wildman–Crippen MR) is 93.7 cm³/mol. The van der Waals surface area contributed by atoms with Crippen molar-refractivity contribution < 1.29 is 9.59 Å². The molecule has 2 aromatic carbocycles. The van der Waals surface area contributed by atoms with Crippen LogP contribution in [0.4, 0.5) is 11.4 Å². The molecule has 0 bridgehead atoms. The smallest absolute Gasteiger partial charge is 0.228 e. The standard InChI is InChI=1S/C18H18N2O2S/c1-12-6-2-3-7-14(12)19-17(21)10-13-11-23-16-9-5-4-8-15(16)20-18(13)22/h2-9,13H,10-11H2,1H3,(H,19,21)(H,20,22)/t13-/m1/s1. The Balaban J connectivity index is 1.65. The van der Waals surface area contributed by atoms with Crippen LogP contribution < -0.4 is 10.6 Å². The van der Waals surface area contributed by atoms with Crippen molar-refractivity contribution in [1.29, 1.82) is 0 Å². The van der Waals surface area contributed by atoms with Gasteiger partial charge >= 0.3 is 0 Å². The number of fused-ring (bicyclic) bond motifs is 1. The van der Waals surface area contributed by atoms with Crippen LogP contribution in [0.5, 0.6) is 0 Å². The molecule has 2 N–H and O–H groups in total. The number of hydrogen-bond donors (Lipinski definition) is 2. The van der Waals surface area contributed by atoms with E-state index in [0.717, 1.165) is 21.8 Å². The van der Waals surface area contributed by atoms with Gasteiger partial charge in [-0.2, -0.15) is 0 Å². The molecular weight excluding hydrogens is 308 g/mol. The van der Waals surface area contributed by atoms with Crippen LogP contribution in [-0.4, -0.2) is 17.6 Å². The van der Waals surface area contributed by atoms with Crippen LogP contribution in [0.2, 0.25) is 0 Å². The third-order valence-corrected chi connectivity index (χ3v) is 5.04. The Morgan fingerprint density at radius 3 is 2.78 bits per heavy atom. The molecule has 1 aliphatic rings. The Morgan fingerprint density at radius 1 is 1.22 bits per heavy atom. The molecule has 5 heteroatoms. The second-order valence-corrected chi connectivity index (χ2v) is 6.62. The van der Waals surface area contributed by atoms with Crippen LogP contribution in [0, 0.1) is 12.8 Å². The Bertz CT molecular complexity index is 745. The van der Waals surface area contributed by atoms with Gasteiger partial charge in [0.2, 0.25) is 11.8 Å². The minimum Gasteiger partial charge on any atom is -0.326 e. The Morgan fingerprint density at radius 2 is 1.96 bits per heavy atom. The molecule has 1 heterocycles. The summed E-state index contributed by atoms with van der Waals surface area (Å²) in [7, 11) is 0. The first kappa shape index (κ1) is 15.6. The first-order chi connectivity index (χ1) is 11.1. The van der Waals surface area contributed by atoms with Gasteiger partial charge in [-0.15, -0.1) is 11.8 Å². The third kappa shape index (κ3) is 3.74. The van der Waals surface area contributed by atoms with E-state index in [-0.39, 0.29) is 24.2 Å². The van der Waals surface area contributed by atoms with Crippen molar-refractivity contribution in [3.05, 3.63) is 54.1 Å². The van der Waals surface area contributed by atoms with Crippen LogP contribution in [-0.2, 0) is 9.59 Å². The summed E-state index contributed by atoms with van der Waals surface area (Å²) >= 11 is 1.61. The monoisotopic (exact) mass is 326 g/mol. The van der Waals surface area contributed by atoms with Gasteiger partial charge in [-0.3, -0.25) is 9.59 Å². The van der Waals surface area contributed by atoms with E-state index < -0.39 is 0 Å². The highest BCUT2D eigenvalue weighted by Gasteiger charge is 2.26. The highest BCUT2D eigenvalue weighted by molar-refractivity contribution is 7.99. The zero-order valence-electron chi connectivity index (χ0n) is 12.8. The number of benzene rings is 2. The summed E-state index contributed by atoms with van der Waals surface area (Å²) in [6.45, 7) is 1.94. The van der Waals surface area contributed by atoms with Crippen molar-refractivity contribution in [3.8, 4) is 0 Å². The predicted octanol–water partition coefficient (Wildman–Crippen LogP) is 3.68. The van der Waals surface area contributed by atoms with Crippen molar-refractivity contribution >= 4 is 35.0 Å². The zero-order chi connectivity index (χ0) is 16.2. The van der Waals surface area contributed by atoms with E-state index >= 15 is 0 Å². The summed E-state index contributed by atoms with van der Waals surface area (Å²) in [5.41, 5.74) is 2.62. The summed E-state index contributed by atoms with van der Waals surface area (Å²) in [5, 5.41) is 5.80. The lowest BCUT2D eigenvalue weighted by molar-refractivity contribution is -0.124. The topological polar surface area (TPSA) is 58.2 Å². The number of carbonyl (C=O) groups is 2. The van der Waals surface area contributed by atoms with Gasteiger partial charge in [0, 0.05) is 22.8 Å². The number of thioether (sulfide) groups is 1. The van der Waals surface area contributed by atoms with Crippen LogP contribution in [0.15, 0.2) is 53.4 Å². The molecule has 1 aliphatic heterocycles. The lowest BCUT2D eigenvalue weighted by atomic mass is 10.1.